The first-order chi connectivity index (χ1) is 18.8. The van der Waals surface area contributed by atoms with Crippen molar-refractivity contribution >= 4 is 39.1 Å². The smallest absolute Gasteiger partial charge is 0.264 e. The van der Waals surface area contributed by atoms with Gasteiger partial charge in [-0.3, -0.25) is 9.10 Å². The Morgan fingerprint density at radius 3 is 2.18 bits per heavy atom. The zero-order chi connectivity index (χ0) is 28.4. The number of nitrogens with zero attached hydrogens (tertiary/aromatic N) is 2. The summed E-state index contributed by atoms with van der Waals surface area (Å²) in [5, 5.41) is 4.28. The van der Waals surface area contributed by atoms with Gasteiger partial charge in [-0.05, 0) is 86.3 Å². The largest absolute Gasteiger partial charge is 0.494 e. The van der Waals surface area contributed by atoms with Crippen LogP contribution in [0.2, 0.25) is 0 Å². The Morgan fingerprint density at radius 2 is 1.62 bits per heavy atom. The number of thioether (sulfide) groups is 1. The molecule has 0 aliphatic rings. The minimum absolute atomic E-state index is 0.0741. The van der Waals surface area contributed by atoms with E-state index in [4.69, 9.17) is 14.2 Å². The number of hydrogen-bond acceptors (Lipinski definition) is 8. The molecule has 0 aromatic heterocycles. The summed E-state index contributed by atoms with van der Waals surface area (Å²) in [7, 11) is -0.981. The predicted molar refractivity (Wildman–Crippen MR) is 155 cm³/mol. The highest BCUT2D eigenvalue weighted by Crippen LogP contribution is 2.29. The third-order valence-corrected chi connectivity index (χ3v) is 8.27. The molecular formula is C28H33N3O6S2. The SMILES string of the molecule is CCOc1ccc(N(CC(=O)N/N=C(/CC)c2ccc(OC)c(OC)c2)S(=O)(=O)c2ccc(SC)cc2)cc1. The van der Waals surface area contributed by atoms with E-state index in [-0.39, 0.29) is 4.90 Å². The summed E-state index contributed by atoms with van der Waals surface area (Å²) in [5.74, 6) is 1.10. The number of hydrazone groups is 1. The van der Waals surface area contributed by atoms with Crippen LogP contribution < -0.4 is 23.9 Å². The summed E-state index contributed by atoms with van der Waals surface area (Å²) >= 11 is 1.51. The number of ether oxygens (including phenoxy) is 3. The quantitative estimate of drug-likeness (QED) is 0.176. The summed E-state index contributed by atoms with van der Waals surface area (Å²) in [6, 6.07) is 18.4. The minimum Gasteiger partial charge on any atom is -0.494 e. The van der Waals surface area contributed by atoms with E-state index < -0.39 is 22.5 Å². The number of nitrogens with one attached hydrogen (secondary N) is 1. The van der Waals surface area contributed by atoms with Gasteiger partial charge in [-0.1, -0.05) is 6.92 Å². The molecule has 0 aliphatic heterocycles. The molecule has 0 saturated heterocycles. The number of methoxy groups -OCH3 is 2. The van der Waals surface area contributed by atoms with Crippen molar-refractivity contribution in [1.29, 1.82) is 0 Å². The summed E-state index contributed by atoms with van der Waals surface area (Å²) < 4.78 is 44.5. The second-order valence-electron chi connectivity index (χ2n) is 8.13. The summed E-state index contributed by atoms with van der Waals surface area (Å²) in [5.41, 5.74) is 4.16. The van der Waals surface area contributed by atoms with Gasteiger partial charge in [0.05, 0.1) is 37.1 Å². The predicted octanol–water partition coefficient (Wildman–Crippen LogP) is 4.95. The average molecular weight is 572 g/mol. The maximum atomic E-state index is 13.7. The Morgan fingerprint density at radius 1 is 0.949 bits per heavy atom. The number of amides is 1. The maximum absolute atomic E-state index is 13.7. The van der Waals surface area contributed by atoms with E-state index >= 15 is 0 Å². The van der Waals surface area contributed by atoms with E-state index in [1.54, 1.807) is 55.6 Å². The first kappa shape index (κ1) is 29.9. The Balaban J connectivity index is 1.90. The molecule has 0 bridgehead atoms. The lowest BCUT2D eigenvalue weighted by molar-refractivity contribution is -0.119. The van der Waals surface area contributed by atoms with E-state index in [0.29, 0.717) is 41.7 Å². The molecule has 11 heteroatoms. The molecule has 3 aromatic carbocycles. The number of sulfonamides is 1. The van der Waals surface area contributed by atoms with E-state index in [0.717, 1.165) is 14.8 Å². The van der Waals surface area contributed by atoms with Gasteiger partial charge < -0.3 is 14.2 Å². The van der Waals surface area contributed by atoms with Crippen LogP contribution >= 0.6 is 11.8 Å². The molecule has 208 valence electrons. The third kappa shape index (κ3) is 7.45. The van der Waals surface area contributed by atoms with Gasteiger partial charge in [0, 0.05) is 10.5 Å². The molecule has 3 rings (SSSR count). The molecule has 0 radical (unpaired) electrons. The summed E-state index contributed by atoms with van der Waals surface area (Å²) in [4.78, 5) is 14.1. The third-order valence-electron chi connectivity index (χ3n) is 5.74. The number of rotatable bonds is 13. The van der Waals surface area contributed by atoms with Gasteiger partial charge in [-0.2, -0.15) is 5.10 Å². The average Bonchev–Trinajstić information content (AvgIpc) is 2.96. The normalized spacial score (nSPS) is 11.6. The zero-order valence-electron chi connectivity index (χ0n) is 22.6. The van der Waals surface area contributed by atoms with Crippen molar-refractivity contribution in [3.8, 4) is 17.2 Å². The lowest BCUT2D eigenvalue weighted by atomic mass is 10.1. The van der Waals surface area contributed by atoms with E-state index in [1.807, 2.05) is 26.2 Å². The number of carbonyl (C=O) groups is 1. The summed E-state index contributed by atoms with van der Waals surface area (Å²) in [6.45, 7) is 3.76. The van der Waals surface area contributed by atoms with Crippen molar-refractivity contribution < 1.29 is 27.4 Å². The number of benzene rings is 3. The topological polar surface area (TPSA) is 107 Å². The van der Waals surface area contributed by atoms with Crippen LogP contribution in [0.15, 0.2) is 81.6 Å². The molecule has 0 aliphatic carbocycles. The van der Waals surface area contributed by atoms with Gasteiger partial charge in [-0.15, -0.1) is 11.8 Å². The van der Waals surface area contributed by atoms with Crippen LogP contribution in [0.25, 0.3) is 0 Å². The fourth-order valence-corrected chi connectivity index (χ4v) is 5.55. The molecule has 39 heavy (non-hydrogen) atoms. The van der Waals surface area contributed by atoms with Gasteiger partial charge in [0.15, 0.2) is 11.5 Å². The lowest BCUT2D eigenvalue weighted by Crippen LogP contribution is -2.39. The lowest BCUT2D eigenvalue weighted by Gasteiger charge is -2.24. The molecule has 1 amide bonds. The van der Waals surface area contributed by atoms with E-state index in [9.17, 15) is 13.2 Å². The minimum atomic E-state index is -4.07. The van der Waals surface area contributed by atoms with Gasteiger partial charge in [0.1, 0.15) is 12.3 Å². The Bertz CT molecular complexity index is 1390. The van der Waals surface area contributed by atoms with Crippen LogP contribution in [0.3, 0.4) is 0 Å². The molecule has 0 unspecified atom stereocenters. The first-order valence-electron chi connectivity index (χ1n) is 12.2. The molecule has 9 nitrogen and oxygen atoms in total. The van der Waals surface area contributed by atoms with Crippen molar-refractivity contribution in [2.24, 2.45) is 5.10 Å². The number of anilines is 1. The fourth-order valence-electron chi connectivity index (χ4n) is 3.72. The maximum Gasteiger partial charge on any atom is 0.264 e. The van der Waals surface area contributed by atoms with Crippen molar-refractivity contribution in [3.63, 3.8) is 0 Å². The van der Waals surface area contributed by atoms with Crippen molar-refractivity contribution in [2.45, 2.75) is 30.1 Å². The highest BCUT2D eigenvalue weighted by molar-refractivity contribution is 7.98. The van der Waals surface area contributed by atoms with Crippen LogP contribution in [0.1, 0.15) is 25.8 Å². The molecule has 0 heterocycles. The number of hydrogen-bond donors (Lipinski definition) is 1. The second-order valence-corrected chi connectivity index (χ2v) is 10.9. The Kier molecular flexibility index (Phi) is 10.6. The second kappa shape index (κ2) is 13.9. The van der Waals surface area contributed by atoms with E-state index in [2.05, 4.69) is 10.5 Å². The highest BCUT2D eigenvalue weighted by Gasteiger charge is 2.27. The fraction of sp³-hybridized carbons (Fsp3) is 0.286. The van der Waals surface area contributed by atoms with Crippen LogP contribution in [0, 0.1) is 0 Å². The monoisotopic (exact) mass is 571 g/mol. The van der Waals surface area contributed by atoms with Gasteiger partial charge in [-0.25, -0.2) is 13.8 Å². The van der Waals surface area contributed by atoms with Gasteiger partial charge in [0.2, 0.25) is 0 Å². The molecule has 0 atom stereocenters. The van der Waals surface area contributed by atoms with Crippen molar-refractivity contribution in [3.05, 3.63) is 72.3 Å². The molecule has 1 N–H and O–H groups in total. The highest BCUT2D eigenvalue weighted by atomic mass is 32.2. The van der Waals surface area contributed by atoms with E-state index in [1.165, 1.54) is 31.0 Å². The van der Waals surface area contributed by atoms with Crippen LogP contribution in [0.5, 0.6) is 17.2 Å². The summed E-state index contributed by atoms with van der Waals surface area (Å²) in [6.07, 6.45) is 2.42. The van der Waals surface area contributed by atoms with Crippen molar-refractivity contribution in [2.75, 3.05) is 37.9 Å². The Hall–Kier alpha value is -3.70. The molecule has 3 aromatic rings. The van der Waals surface area contributed by atoms with Crippen LogP contribution in [0.4, 0.5) is 5.69 Å². The van der Waals surface area contributed by atoms with Crippen LogP contribution in [-0.2, 0) is 14.8 Å². The van der Waals surface area contributed by atoms with Crippen molar-refractivity contribution in [1.82, 2.24) is 5.43 Å². The van der Waals surface area contributed by atoms with Gasteiger partial charge >= 0.3 is 0 Å². The molecule has 0 spiro atoms. The molecule has 0 saturated carbocycles. The molecule has 0 fully saturated rings. The zero-order valence-corrected chi connectivity index (χ0v) is 24.3. The first-order valence-corrected chi connectivity index (χ1v) is 14.9. The standard InChI is InChI=1S/C28H33N3O6S2/c1-6-25(20-8-17-26(35-3)27(18-20)36-4)29-30-28(32)19-31(21-9-11-22(12-10-21)37-7-2)39(33,34)24-15-13-23(38-5)14-16-24/h8-18H,6-7,19H2,1-5H3,(H,30,32)/b29-25-. The molecular weight excluding hydrogens is 538 g/mol. The number of carbonyl (C=O) groups excluding carboxylic acids is 1. The Labute approximate surface area is 234 Å². The van der Waals surface area contributed by atoms with Crippen LogP contribution in [-0.4, -0.2) is 53.7 Å². The van der Waals surface area contributed by atoms with Gasteiger partial charge in [0.25, 0.3) is 15.9 Å².